The van der Waals surface area contributed by atoms with Crippen LogP contribution in [0.3, 0.4) is 0 Å². The van der Waals surface area contributed by atoms with Crippen molar-refractivity contribution in [1.82, 2.24) is 0 Å². The average molecular weight is 395 g/mol. The quantitative estimate of drug-likeness (QED) is 0.581. The molecule has 0 saturated heterocycles. The van der Waals surface area contributed by atoms with E-state index in [-0.39, 0.29) is 22.6 Å². The highest BCUT2D eigenvalue weighted by atomic mass is 16.5. The predicted octanol–water partition coefficient (Wildman–Crippen LogP) is 1.48. The van der Waals surface area contributed by atoms with E-state index in [0.29, 0.717) is 11.4 Å². The van der Waals surface area contributed by atoms with E-state index in [4.69, 9.17) is 10.5 Å². The van der Waals surface area contributed by atoms with Crippen molar-refractivity contribution in [2.24, 2.45) is 5.73 Å². The lowest BCUT2D eigenvalue weighted by molar-refractivity contribution is -0.125. The normalized spacial score (nSPS) is 13.7. The summed E-state index contributed by atoms with van der Waals surface area (Å²) < 4.78 is 4.92. The lowest BCUT2D eigenvalue weighted by Gasteiger charge is -2.14. The number of hydrogen-bond donors (Lipinski definition) is 2. The summed E-state index contributed by atoms with van der Waals surface area (Å²) >= 11 is 0. The number of imide groups is 1. The summed E-state index contributed by atoms with van der Waals surface area (Å²) in [7, 11) is 0. The largest absolute Gasteiger partial charge is 0.449 e. The van der Waals surface area contributed by atoms with E-state index in [9.17, 15) is 24.0 Å². The molecule has 2 aromatic rings. The van der Waals surface area contributed by atoms with Gasteiger partial charge in [0.05, 0.1) is 22.4 Å². The number of fused-ring (bicyclic) bond motifs is 1. The van der Waals surface area contributed by atoms with Gasteiger partial charge in [-0.15, -0.1) is 0 Å². The Balaban J connectivity index is 1.86. The summed E-state index contributed by atoms with van der Waals surface area (Å²) in [5.74, 6) is -3.03. The highest BCUT2D eigenvalue weighted by Crippen LogP contribution is 2.30. The maximum atomic E-state index is 12.8. The molecule has 1 unspecified atom stereocenters. The van der Waals surface area contributed by atoms with Gasteiger partial charge in [0.2, 0.25) is 5.91 Å². The second-order valence-electron chi connectivity index (χ2n) is 6.38. The van der Waals surface area contributed by atoms with Gasteiger partial charge in [-0.05, 0) is 49.4 Å². The monoisotopic (exact) mass is 395 g/mol. The number of nitrogens with one attached hydrogen (secondary N) is 1. The second kappa shape index (κ2) is 7.55. The van der Waals surface area contributed by atoms with Crippen LogP contribution < -0.4 is 16.0 Å². The van der Waals surface area contributed by atoms with Crippen molar-refractivity contribution < 1.29 is 28.7 Å². The predicted molar refractivity (Wildman–Crippen MR) is 102 cm³/mol. The van der Waals surface area contributed by atoms with Crippen LogP contribution >= 0.6 is 0 Å². The summed E-state index contributed by atoms with van der Waals surface area (Å²) in [5, 5.41) is 2.59. The molecule has 1 aliphatic heterocycles. The van der Waals surface area contributed by atoms with Gasteiger partial charge in [0.15, 0.2) is 6.10 Å². The van der Waals surface area contributed by atoms with Crippen molar-refractivity contribution in [3.05, 3.63) is 59.2 Å². The van der Waals surface area contributed by atoms with Crippen LogP contribution in [0.15, 0.2) is 42.5 Å². The van der Waals surface area contributed by atoms with Gasteiger partial charge in [-0.1, -0.05) is 0 Å². The van der Waals surface area contributed by atoms with Crippen LogP contribution in [-0.2, 0) is 14.3 Å². The molecular weight excluding hydrogens is 378 g/mol. The minimum absolute atomic E-state index is 0.0147. The maximum absolute atomic E-state index is 12.8. The lowest BCUT2D eigenvalue weighted by Crippen LogP contribution is -2.30. The molecule has 1 aliphatic rings. The number of carbonyl (C=O) groups is 5. The first kappa shape index (κ1) is 19.7. The van der Waals surface area contributed by atoms with Crippen LogP contribution in [0.5, 0.6) is 0 Å². The van der Waals surface area contributed by atoms with Gasteiger partial charge in [-0.25, -0.2) is 9.69 Å². The van der Waals surface area contributed by atoms with Crippen molar-refractivity contribution in [2.75, 3.05) is 10.2 Å². The Morgan fingerprint density at radius 2 is 1.62 bits per heavy atom. The van der Waals surface area contributed by atoms with E-state index in [0.717, 1.165) is 4.90 Å². The molecule has 0 fully saturated rings. The molecule has 9 nitrogen and oxygen atoms in total. The van der Waals surface area contributed by atoms with E-state index >= 15 is 0 Å². The van der Waals surface area contributed by atoms with Gasteiger partial charge in [-0.3, -0.25) is 19.2 Å². The van der Waals surface area contributed by atoms with Crippen LogP contribution in [0.4, 0.5) is 11.4 Å². The number of amides is 4. The van der Waals surface area contributed by atoms with Crippen molar-refractivity contribution in [1.29, 1.82) is 0 Å². The Bertz CT molecular complexity index is 1040. The van der Waals surface area contributed by atoms with E-state index < -0.39 is 29.8 Å². The van der Waals surface area contributed by atoms with Gasteiger partial charge in [0.25, 0.3) is 17.7 Å². The lowest BCUT2D eigenvalue weighted by atomic mass is 10.1. The number of rotatable bonds is 5. The number of nitrogens with zero attached hydrogens (tertiary/aromatic N) is 1. The first-order valence-corrected chi connectivity index (χ1v) is 8.60. The Labute approximate surface area is 165 Å². The molecule has 0 bridgehead atoms. The first-order chi connectivity index (χ1) is 13.7. The number of primary amides is 1. The highest BCUT2D eigenvalue weighted by molar-refractivity contribution is 6.34. The number of anilines is 2. The number of benzene rings is 2. The van der Waals surface area contributed by atoms with Crippen LogP contribution in [0.25, 0.3) is 0 Å². The maximum Gasteiger partial charge on any atom is 0.338 e. The molecule has 0 saturated carbocycles. The molecule has 0 radical (unpaired) electrons. The van der Waals surface area contributed by atoms with Gasteiger partial charge in [0.1, 0.15) is 0 Å². The molecule has 0 spiro atoms. The SMILES string of the molecule is CC(=O)Nc1ccc(N2C(=O)c3ccc(C(=O)OC(C)C(N)=O)cc3C2=O)cc1. The highest BCUT2D eigenvalue weighted by Gasteiger charge is 2.37. The number of ether oxygens (including phenoxy) is 1. The third kappa shape index (κ3) is 3.84. The molecule has 1 atom stereocenters. The molecule has 3 N–H and O–H groups in total. The average Bonchev–Trinajstić information content (AvgIpc) is 2.92. The van der Waals surface area contributed by atoms with Crippen molar-refractivity contribution in [3.8, 4) is 0 Å². The van der Waals surface area contributed by atoms with Crippen LogP contribution in [0, 0.1) is 0 Å². The summed E-state index contributed by atoms with van der Waals surface area (Å²) in [6.45, 7) is 2.69. The van der Waals surface area contributed by atoms with E-state index in [1.165, 1.54) is 44.2 Å². The van der Waals surface area contributed by atoms with Crippen molar-refractivity contribution >= 4 is 41.0 Å². The zero-order valence-corrected chi connectivity index (χ0v) is 15.6. The standard InChI is InChI=1S/C20H17N3O6/c1-10(17(21)25)29-20(28)12-3-8-15-16(9-12)19(27)23(18(15)26)14-6-4-13(5-7-14)22-11(2)24/h3-10H,1-2H3,(H2,21,25)(H,22,24). The molecule has 4 amide bonds. The van der Waals surface area contributed by atoms with Gasteiger partial charge >= 0.3 is 5.97 Å². The molecule has 148 valence electrons. The number of esters is 1. The van der Waals surface area contributed by atoms with Gasteiger partial charge < -0.3 is 15.8 Å². The minimum Gasteiger partial charge on any atom is -0.449 e. The third-order valence-electron chi connectivity index (χ3n) is 4.25. The fourth-order valence-electron chi connectivity index (χ4n) is 2.79. The number of carbonyl (C=O) groups excluding carboxylic acids is 5. The fraction of sp³-hybridized carbons (Fsp3) is 0.150. The summed E-state index contributed by atoms with van der Waals surface area (Å²) in [6.07, 6.45) is -1.13. The van der Waals surface area contributed by atoms with E-state index in [1.54, 1.807) is 12.1 Å². The molecule has 0 aliphatic carbocycles. The second-order valence-corrected chi connectivity index (χ2v) is 6.38. The summed E-state index contributed by atoms with van der Waals surface area (Å²) in [4.78, 5) is 60.7. The topological polar surface area (TPSA) is 136 Å². The number of nitrogens with two attached hydrogens (primary N) is 1. The Morgan fingerprint density at radius 1 is 1.00 bits per heavy atom. The molecular formula is C20H17N3O6. The van der Waals surface area contributed by atoms with Gasteiger partial charge in [0, 0.05) is 12.6 Å². The fourth-order valence-corrected chi connectivity index (χ4v) is 2.79. The Morgan fingerprint density at radius 3 is 2.21 bits per heavy atom. The summed E-state index contributed by atoms with van der Waals surface area (Å²) in [6, 6.07) is 10.1. The zero-order valence-electron chi connectivity index (χ0n) is 15.6. The third-order valence-corrected chi connectivity index (χ3v) is 4.25. The van der Waals surface area contributed by atoms with Gasteiger partial charge in [-0.2, -0.15) is 0 Å². The zero-order chi connectivity index (χ0) is 21.3. The van der Waals surface area contributed by atoms with Crippen LogP contribution in [0.1, 0.15) is 44.9 Å². The van der Waals surface area contributed by atoms with Crippen LogP contribution in [-0.4, -0.2) is 35.7 Å². The van der Waals surface area contributed by atoms with Crippen LogP contribution in [0.2, 0.25) is 0 Å². The molecule has 0 aromatic heterocycles. The van der Waals surface area contributed by atoms with Crippen molar-refractivity contribution in [3.63, 3.8) is 0 Å². The van der Waals surface area contributed by atoms with E-state index in [2.05, 4.69) is 5.32 Å². The molecule has 9 heteroatoms. The minimum atomic E-state index is -1.13. The number of hydrogen-bond acceptors (Lipinski definition) is 6. The molecule has 2 aromatic carbocycles. The van der Waals surface area contributed by atoms with Crippen molar-refractivity contribution in [2.45, 2.75) is 20.0 Å². The first-order valence-electron chi connectivity index (χ1n) is 8.60. The van der Waals surface area contributed by atoms with E-state index in [1.807, 2.05) is 0 Å². The molecule has 1 heterocycles. The Hall–Kier alpha value is -4.01. The summed E-state index contributed by atoms with van der Waals surface area (Å²) in [5.41, 5.74) is 6.10. The molecule has 29 heavy (non-hydrogen) atoms. The smallest absolute Gasteiger partial charge is 0.338 e. The molecule has 3 rings (SSSR count). The Kier molecular flexibility index (Phi) is 5.14.